The van der Waals surface area contributed by atoms with Gasteiger partial charge in [-0.05, 0) is 12.8 Å². The molecule has 2 saturated heterocycles. The second-order valence-electron chi connectivity index (χ2n) is 5.58. The molecule has 18 heavy (non-hydrogen) atoms. The molecule has 0 amide bonds. The van der Waals surface area contributed by atoms with Gasteiger partial charge in [0.1, 0.15) is 0 Å². The van der Waals surface area contributed by atoms with Crippen LogP contribution in [-0.4, -0.2) is 63.3 Å². The minimum Gasteiger partial charge on any atom is -0.314 e. The zero-order valence-corrected chi connectivity index (χ0v) is 11.7. The summed E-state index contributed by atoms with van der Waals surface area (Å²) in [7, 11) is 0. The van der Waals surface area contributed by atoms with Crippen molar-refractivity contribution in [2.45, 2.75) is 38.1 Å². The molecule has 0 spiro atoms. The van der Waals surface area contributed by atoms with Crippen LogP contribution in [-0.2, 0) is 0 Å². The van der Waals surface area contributed by atoms with Crippen molar-refractivity contribution < 1.29 is 0 Å². The van der Waals surface area contributed by atoms with E-state index in [4.69, 9.17) is 0 Å². The summed E-state index contributed by atoms with van der Waals surface area (Å²) < 4.78 is 0. The third kappa shape index (κ3) is 5.22. The van der Waals surface area contributed by atoms with Gasteiger partial charge < -0.3 is 16.0 Å². The Labute approximate surface area is 112 Å². The predicted octanol–water partition coefficient (Wildman–Crippen LogP) is 0.404. The Morgan fingerprint density at radius 3 is 1.61 bits per heavy atom. The standard InChI is InChI=1S/C10H20N2.C4H10N2/c1-2-4-10(5-3-1)12-8-6-11-7-9-12;1-2-6-4-3-5-1/h10-11H,1-9H2;5-6H,1-4H2. The molecule has 106 valence electrons. The molecular weight excluding hydrogens is 224 g/mol. The first-order valence-electron chi connectivity index (χ1n) is 7.83. The van der Waals surface area contributed by atoms with Crippen molar-refractivity contribution in [2.75, 3.05) is 52.4 Å². The Balaban J connectivity index is 0.000000169. The Kier molecular flexibility index (Phi) is 7.01. The lowest BCUT2D eigenvalue weighted by molar-refractivity contribution is 0.139. The maximum atomic E-state index is 3.41. The summed E-state index contributed by atoms with van der Waals surface area (Å²) in [5.41, 5.74) is 0. The van der Waals surface area contributed by atoms with E-state index in [1.54, 1.807) is 0 Å². The number of hydrogen-bond acceptors (Lipinski definition) is 4. The summed E-state index contributed by atoms with van der Waals surface area (Å²) in [6.45, 7) is 9.53. The first-order valence-corrected chi connectivity index (χ1v) is 7.83. The molecular formula is C14H30N4. The van der Waals surface area contributed by atoms with Gasteiger partial charge in [-0.3, -0.25) is 4.90 Å². The third-order valence-corrected chi connectivity index (χ3v) is 4.20. The minimum atomic E-state index is 0.931. The monoisotopic (exact) mass is 254 g/mol. The van der Waals surface area contributed by atoms with E-state index < -0.39 is 0 Å². The fraction of sp³-hybridized carbons (Fsp3) is 1.00. The van der Waals surface area contributed by atoms with Crippen LogP contribution in [0.3, 0.4) is 0 Å². The van der Waals surface area contributed by atoms with Crippen molar-refractivity contribution in [1.82, 2.24) is 20.9 Å². The van der Waals surface area contributed by atoms with Gasteiger partial charge >= 0.3 is 0 Å². The summed E-state index contributed by atoms with van der Waals surface area (Å²) in [5.74, 6) is 0. The van der Waals surface area contributed by atoms with E-state index in [0.29, 0.717) is 0 Å². The van der Waals surface area contributed by atoms with Gasteiger partial charge in [-0.15, -0.1) is 0 Å². The molecule has 1 saturated carbocycles. The molecule has 4 heteroatoms. The van der Waals surface area contributed by atoms with Crippen LogP contribution < -0.4 is 16.0 Å². The minimum absolute atomic E-state index is 0.931. The predicted molar refractivity (Wildman–Crippen MR) is 77.1 cm³/mol. The smallest absolute Gasteiger partial charge is 0.0110 e. The van der Waals surface area contributed by atoms with Crippen molar-refractivity contribution in [1.29, 1.82) is 0 Å². The third-order valence-electron chi connectivity index (χ3n) is 4.20. The molecule has 0 aromatic carbocycles. The Bertz CT molecular complexity index is 166. The van der Waals surface area contributed by atoms with Crippen molar-refractivity contribution >= 4 is 0 Å². The average molecular weight is 254 g/mol. The number of rotatable bonds is 1. The second kappa shape index (κ2) is 8.86. The molecule has 4 nitrogen and oxygen atoms in total. The highest BCUT2D eigenvalue weighted by Gasteiger charge is 2.21. The maximum Gasteiger partial charge on any atom is 0.0110 e. The molecule has 0 aromatic rings. The first kappa shape index (κ1) is 14.3. The Morgan fingerprint density at radius 1 is 0.611 bits per heavy atom. The molecule has 2 heterocycles. The van der Waals surface area contributed by atoms with Gasteiger partial charge in [-0.1, -0.05) is 19.3 Å². The number of nitrogens with zero attached hydrogens (tertiary/aromatic N) is 1. The number of piperazine rings is 2. The molecule has 0 atom stereocenters. The molecule has 0 unspecified atom stereocenters. The zero-order valence-electron chi connectivity index (χ0n) is 11.7. The Morgan fingerprint density at radius 2 is 1.11 bits per heavy atom. The van der Waals surface area contributed by atoms with Crippen molar-refractivity contribution in [3.63, 3.8) is 0 Å². The summed E-state index contributed by atoms with van der Waals surface area (Å²) >= 11 is 0. The van der Waals surface area contributed by atoms with E-state index in [1.807, 2.05) is 0 Å². The van der Waals surface area contributed by atoms with Gasteiger partial charge in [-0.25, -0.2) is 0 Å². The molecule has 3 fully saturated rings. The second-order valence-corrected chi connectivity index (χ2v) is 5.58. The summed E-state index contributed by atoms with van der Waals surface area (Å²) in [4.78, 5) is 2.69. The maximum absolute atomic E-state index is 3.41. The van der Waals surface area contributed by atoms with Gasteiger partial charge in [0.2, 0.25) is 0 Å². The van der Waals surface area contributed by atoms with E-state index >= 15 is 0 Å². The summed E-state index contributed by atoms with van der Waals surface area (Å²) in [6.07, 6.45) is 7.33. The lowest BCUT2D eigenvalue weighted by Gasteiger charge is -2.36. The van der Waals surface area contributed by atoms with Crippen LogP contribution in [0.5, 0.6) is 0 Å². The molecule has 0 bridgehead atoms. The molecule has 0 radical (unpaired) electrons. The van der Waals surface area contributed by atoms with Gasteiger partial charge in [-0.2, -0.15) is 0 Å². The first-order chi connectivity index (χ1) is 8.97. The quantitative estimate of drug-likeness (QED) is 0.634. The highest BCUT2D eigenvalue weighted by Crippen LogP contribution is 2.22. The van der Waals surface area contributed by atoms with E-state index in [-0.39, 0.29) is 0 Å². The van der Waals surface area contributed by atoms with Crippen LogP contribution >= 0.6 is 0 Å². The van der Waals surface area contributed by atoms with Gasteiger partial charge in [0.05, 0.1) is 0 Å². The summed E-state index contributed by atoms with van der Waals surface area (Å²) in [6, 6.07) is 0.931. The largest absolute Gasteiger partial charge is 0.314 e. The van der Waals surface area contributed by atoms with Gasteiger partial charge in [0.25, 0.3) is 0 Å². The van der Waals surface area contributed by atoms with Crippen LogP contribution in [0, 0.1) is 0 Å². The van der Waals surface area contributed by atoms with Crippen LogP contribution in [0.15, 0.2) is 0 Å². The van der Waals surface area contributed by atoms with Crippen LogP contribution in [0.2, 0.25) is 0 Å². The highest BCUT2D eigenvalue weighted by molar-refractivity contribution is 4.79. The van der Waals surface area contributed by atoms with Gasteiger partial charge in [0.15, 0.2) is 0 Å². The molecule has 3 aliphatic rings. The molecule has 2 aliphatic heterocycles. The lowest BCUT2D eigenvalue weighted by atomic mass is 9.94. The topological polar surface area (TPSA) is 39.3 Å². The van der Waals surface area contributed by atoms with E-state index in [0.717, 1.165) is 32.2 Å². The normalized spacial score (nSPS) is 27.3. The number of hydrogen-bond donors (Lipinski definition) is 3. The van der Waals surface area contributed by atoms with Crippen molar-refractivity contribution in [3.8, 4) is 0 Å². The van der Waals surface area contributed by atoms with E-state index in [1.165, 1.54) is 58.3 Å². The van der Waals surface area contributed by atoms with Gasteiger partial charge in [0, 0.05) is 58.4 Å². The zero-order chi connectivity index (χ0) is 12.5. The molecule has 0 aromatic heterocycles. The van der Waals surface area contributed by atoms with Crippen LogP contribution in [0.1, 0.15) is 32.1 Å². The molecule has 1 aliphatic carbocycles. The fourth-order valence-corrected chi connectivity index (χ4v) is 3.10. The lowest BCUT2D eigenvalue weighted by Crippen LogP contribution is -2.48. The molecule has 3 rings (SSSR count). The van der Waals surface area contributed by atoms with E-state index in [9.17, 15) is 0 Å². The number of nitrogens with one attached hydrogen (secondary N) is 3. The molecule has 3 N–H and O–H groups in total. The van der Waals surface area contributed by atoms with E-state index in [2.05, 4.69) is 20.9 Å². The van der Waals surface area contributed by atoms with Crippen LogP contribution in [0.4, 0.5) is 0 Å². The van der Waals surface area contributed by atoms with Crippen molar-refractivity contribution in [3.05, 3.63) is 0 Å². The highest BCUT2D eigenvalue weighted by atomic mass is 15.2. The summed E-state index contributed by atoms with van der Waals surface area (Å²) in [5, 5.41) is 9.86. The van der Waals surface area contributed by atoms with Crippen LogP contribution in [0.25, 0.3) is 0 Å². The van der Waals surface area contributed by atoms with Crippen molar-refractivity contribution in [2.24, 2.45) is 0 Å². The fourth-order valence-electron chi connectivity index (χ4n) is 3.10. The average Bonchev–Trinajstić information content (AvgIpc) is 2.51. The Hall–Kier alpha value is -0.160. The SMILES string of the molecule is C1CCC(N2CCNCC2)CC1.C1CNCCN1.